The number of amides is 1. The molecule has 116 valence electrons. The number of morpholine rings is 1. The van der Waals surface area contributed by atoms with Crippen LogP contribution in [0.3, 0.4) is 0 Å². The van der Waals surface area contributed by atoms with Crippen molar-refractivity contribution in [1.29, 1.82) is 0 Å². The van der Waals surface area contributed by atoms with Crippen molar-refractivity contribution in [1.82, 2.24) is 9.91 Å². The summed E-state index contributed by atoms with van der Waals surface area (Å²) in [6.45, 7) is 3.06. The van der Waals surface area contributed by atoms with Crippen LogP contribution in [0.15, 0.2) is 26.8 Å². The van der Waals surface area contributed by atoms with Gasteiger partial charge in [-0.3, -0.25) is 4.90 Å². The van der Waals surface area contributed by atoms with E-state index in [-0.39, 0.29) is 12.1 Å². The summed E-state index contributed by atoms with van der Waals surface area (Å²) in [5.41, 5.74) is 8.30. The van der Waals surface area contributed by atoms with E-state index < -0.39 is 6.09 Å². The molecule has 10 nitrogen and oxygen atoms in total. The minimum Gasteiger partial charge on any atom is -0.453 e. The smallest absolute Gasteiger partial charge is 0.432 e. The molecule has 1 unspecified atom stereocenters. The number of hydrazone groups is 1. The zero-order chi connectivity index (χ0) is 15.4. The first-order valence-corrected chi connectivity index (χ1v) is 6.75. The van der Waals surface area contributed by atoms with E-state index in [2.05, 4.69) is 15.1 Å². The van der Waals surface area contributed by atoms with Gasteiger partial charge in [0.15, 0.2) is 12.1 Å². The summed E-state index contributed by atoms with van der Waals surface area (Å²) in [4.78, 5) is 16.5. The van der Waals surface area contributed by atoms with Gasteiger partial charge in [-0.1, -0.05) is 0 Å². The molecule has 2 aliphatic rings. The van der Waals surface area contributed by atoms with Gasteiger partial charge in [0, 0.05) is 18.0 Å². The minimum absolute atomic E-state index is 0.138. The van der Waals surface area contributed by atoms with E-state index in [4.69, 9.17) is 19.4 Å². The molecular weight excluding hydrogens is 292 g/mol. The fourth-order valence-corrected chi connectivity index (χ4v) is 2.22. The molecule has 0 radical (unpaired) electrons. The number of cyclic esters (lactones) is 1. The highest BCUT2D eigenvalue weighted by Gasteiger charge is 2.35. The SMILES string of the molecule is [N-]=[N+]=Nc1ccc(/C=N\N2CC(N3CCOCC3)OC2=O)o1. The lowest BCUT2D eigenvalue weighted by Gasteiger charge is -2.29. The normalized spacial score (nSPS) is 22.8. The summed E-state index contributed by atoms with van der Waals surface area (Å²) in [5, 5.41) is 8.60. The maximum Gasteiger partial charge on any atom is 0.432 e. The fraction of sp³-hybridized carbons (Fsp3) is 0.500. The van der Waals surface area contributed by atoms with E-state index in [0.29, 0.717) is 25.5 Å². The largest absolute Gasteiger partial charge is 0.453 e. The van der Waals surface area contributed by atoms with Crippen LogP contribution in [0.4, 0.5) is 10.7 Å². The molecule has 10 heteroatoms. The Morgan fingerprint density at radius 1 is 1.36 bits per heavy atom. The Morgan fingerprint density at radius 3 is 2.95 bits per heavy atom. The van der Waals surface area contributed by atoms with E-state index in [0.717, 1.165) is 13.1 Å². The van der Waals surface area contributed by atoms with Crippen molar-refractivity contribution in [3.8, 4) is 0 Å². The Balaban J connectivity index is 1.60. The van der Waals surface area contributed by atoms with Crippen LogP contribution in [0.1, 0.15) is 5.76 Å². The lowest BCUT2D eigenvalue weighted by molar-refractivity contribution is -0.0440. The average molecular weight is 306 g/mol. The molecule has 3 rings (SSSR count). The number of rotatable bonds is 4. The highest BCUT2D eigenvalue weighted by Crippen LogP contribution is 2.18. The highest BCUT2D eigenvalue weighted by atomic mass is 16.6. The van der Waals surface area contributed by atoms with Crippen molar-refractivity contribution in [2.45, 2.75) is 6.23 Å². The predicted octanol–water partition coefficient (Wildman–Crippen LogP) is 1.67. The molecule has 2 aliphatic heterocycles. The van der Waals surface area contributed by atoms with Crippen LogP contribution in [0, 0.1) is 0 Å². The number of carbonyl (C=O) groups excluding carboxylic acids is 1. The van der Waals surface area contributed by atoms with E-state index in [9.17, 15) is 4.79 Å². The van der Waals surface area contributed by atoms with E-state index in [1.165, 1.54) is 17.3 Å². The van der Waals surface area contributed by atoms with Gasteiger partial charge in [0.1, 0.15) is 5.76 Å². The number of furan rings is 1. The van der Waals surface area contributed by atoms with Crippen molar-refractivity contribution in [2.75, 3.05) is 32.8 Å². The summed E-state index contributed by atoms with van der Waals surface area (Å²) in [5.74, 6) is 0.518. The lowest BCUT2D eigenvalue weighted by Crippen LogP contribution is -2.45. The number of azide groups is 1. The van der Waals surface area contributed by atoms with Crippen molar-refractivity contribution in [3.63, 3.8) is 0 Å². The molecule has 0 spiro atoms. The fourth-order valence-electron chi connectivity index (χ4n) is 2.22. The summed E-state index contributed by atoms with van der Waals surface area (Å²) >= 11 is 0. The van der Waals surface area contributed by atoms with Gasteiger partial charge in [0.05, 0.1) is 26.0 Å². The van der Waals surface area contributed by atoms with Gasteiger partial charge >= 0.3 is 6.09 Å². The van der Waals surface area contributed by atoms with Crippen molar-refractivity contribution >= 4 is 18.2 Å². The minimum atomic E-state index is -0.505. The van der Waals surface area contributed by atoms with E-state index in [1.807, 2.05) is 4.90 Å². The first kappa shape index (κ1) is 14.4. The molecule has 1 atom stereocenters. The van der Waals surface area contributed by atoms with Crippen LogP contribution in [-0.4, -0.2) is 61.3 Å². The summed E-state index contributed by atoms with van der Waals surface area (Å²) in [7, 11) is 0. The topological polar surface area (TPSA) is 116 Å². The van der Waals surface area contributed by atoms with Gasteiger partial charge < -0.3 is 13.9 Å². The van der Waals surface area contributed by atoms with Gasteiger partial charge in [-0.25, -0.2) is 4.79 Å². The van der Waals surface area contributed by atoms with Gasteiger partial charge in [-0.05, 0) is 22.8 Å². The van der Waals surface area contributed by atoms with Crippen LogP contribution in [0.25, 0.3) is 10.4 Å². The maximum atomic E-state index is 11.8. The Kier molecular flexibility index (Phi) is 4.24. The molecule has 1 aromatic heterocycles. The third-order valence-electron chi connectivity index (χ3n) is 3.31. The van der Waals surface area contributed by atoms with Crippen LogP contribution in [-0.2, 0) is 9.47 Å². The van der Waals surface area contributed by atoms with Crippen LogP contribution in [0.5, 0.6) is 0 Å². The molecule has 0 aromatic carbocycles. The van der Waals surface area contributed by atoms with Crippen LogP contribution < -0.4 is 0 Å². The Bertz CT molecular complexity index is 617. The third kappa shape index (κ3) is 3.19. The second-order valence-electron chi connectivity index (χ2n) is 4.68. The zero-order valence-electron chi connectivity index (χ0n) is 11.7. The maximum absolute atomic E-state index is 11.8. The molecule has 1 amide bonds. The molecule has 0 N–H and O–H groups in total. The second-order valence-corrected chi connectivity index (χ2v) is 4.68. The number of ether oxygens (including phenoxy) is 2. The lowest BCUT2D eigenvalue weighted by atomic mass is 10.4. The standard InChI is InChI=1S/C12H14N6O4/c13-16-15-10-2-1-9(21-10)7-14-18-8-11(22-12(18)19)17-3-5-20-6-4-17/h1-2,7,11H,3-6,8H2/b14-7-. The van der Waals surface area contributed by atoms with Gasteiger partial charge in [-0.2, -0.15) is 10.1 Å². The first-order valence-electron chi connectivity index (χ1n) is 6.75. The zero-order valence-corrected chi connectivity index (χ0v) is 11.7. The molecule has 0 saturated carbocycles. The third-order valence-corrected chi connectivity index (χ3v) is 3.31. The first-order chi connectivity index (χ1) is 10.8. The number of hydrogen-bond acceptors (Lipinski definition) is 7. The number of nitrogens with zero attached hydrogens (tertiary/aromatic N) is 6. The molecule has 22 heavy (non-hydrogen) atoms. The molecule has 0 bridgehead atoms. The van der Waals surface area contributed by atoms with Crippen molar-refractivity contribution < 1.29 is 18.7 Å². The number of carbonyl (C=O) groups is 1. The Hall–Kier alpha value is -2.55. The van der Waals surface area contributed by atoms with Crippen molar-refractivity contribution in [2.24, 2.45) is 10.2 Å². The molecule has 1 aromatic rings. The quantitative estimate of drug-likeness (QED) is 0.363. The molecule has 2 fully saturated rings. The summed E-state index contributed by atoms with van der Waals surface area (Å²) in [6, 6.07) is 3.11. The van der Waals surface area contributed by atoms with Crippen LogP contribution in [0.2, 0.25) is 0 Å². The van der Waals surface area contributed by atoms with Crippen molar-refractivity contribution in [3.05, 3.63) is 28.3 Å². The van der Waals surface area contributed by atoms with Gasteiger partial charge in [-0.15, -0.1) is 0 Å². The number of hydrogen-bond donors (Lipinski definition) is 0. The summed E-state index contributed by atoms with van der Waals surface area (Å²) < 4.78 is 15.7. The van der Waals surface area contributed by atoms with Crippen LogP contribution >= 0.6 is 0 Å². The molecular formula is C12H14N6O4. The average Bonchev–Trinajstić information content (AvgIpc) is 3.13. The van der Waals surface area contributed by atoms with Gasteiger partial charge in [0.2, 0.25) is 0 Å². The molecule has 2 saturated heterocycles. The highest BCUT2D eigenvalue weighted by molar-refractivity contribution is 5.78. The van der Waals surface area contributed by atoms with E-state index in [1.54, 1.807) is 6.07 Å². The Labute approximate surface area is 125 Å². The van der Waals surface area contributed by atoms with E-state index >= 15 is 0 Å². The summed E-state index contributed by atoms with van der Waals surface area (Å²) in [6.07, 6.45) is 0.553. The molecule has 3 heterocycles. The molecule has 0 aliphatic carbocycles. The monoisotopic (exact) mass is 306 g/mol. The predicted molar refractivity (Wildman–Crippen MR) is 74.5 cm³/mol. The Morgan fingerprint density at radius 2 is 2.18 bits per heavy atom. The second kappa shape index (κ2) is 6.48. The van der Waals surface area contributed by atoms with Gasteiger partial charge in [0.25, 0.3) is 0 Å².